The molecule has 0 aromatic heterocycles. The summed E-state index contributed by atoms with van der Waals surface area (Å²) in [5.74, 6) is 1.16. The number of benzene rings is 2. The van der Waals surface area contributed by atoms with Gasteiger partial charge in [-0.2, -0.15) is 0 Å². The molecular formula is C28H35FN2O3. The quantitative estimate of drug-likeness (QED) is 0.604. The van der Waals surface area contributed by atoms with Crippen LogP contribution < -0.4 is 4.74 Å². The first-order valence-corrected chi connectivity index (χ1v) is 12.3. The first-order valence-electron chi connectivity index (χ1n) is 12.3. The van der Waals surface area contributed by atoms with Crippen LogP contribution in [0.5, 0.6) is 5.75 Å². The fraction of sp³-hybridized carbons (Fsp3) is 0.500. The molecule has 0 unspecified atom stereocenters. The van der Waals surface area contributed by atoms with E-state index in [1.807, 2.05) is 40.1 Å². The predicted octanol–water partition coefficient (Wildman–Crippen LogP) is 4.49. The molecule has 1 spiro atoms. The normalized spacial score (nSPS) is 19.8. The highest BCUT2D eigenvalue weighted by atomic mass is 19.1. The van der Waals surface area contributed by atoms with Crippen LogP contribution in [0.3, 0.4) is 0 Å². The van der Waals surface area contributed by atoms with E-state index in [1.54, 1.807) is 19.2 Å². The van der Waals surface area contributed by atoms with Crippen molar-refractivity contribution in [3.63, 3.8) is 0 Å². The minimum Gasteiger partial charge on any atom is -0.497 e. The third-order valence-corrected chi connectivity index (χ3v) is 7.27. The fourth-order valence-electron chi connectivity index (χ4n) is 5.53. The van der Waals surface area contributed by atoms with Crippen molar-refractivity contribution < 1.29 is 18.7 Å². The zero-order valence-electron chi connectivity index (χ0n) is 20.4. The van der Waals surface area contributed by atoms with Crippen LogP contribution in [0.1, 0.15) is 44.2 Å². The highest BCUT2D eigenvalue weighted by Gasteiger charge is 2.52. The molecule has 0 N–H and O–H groups in total. The van der Waals surface area contributed by atoms with Gasteiger partial charge >= 0.3 is 0 Å². The number of methoxy groups -OCH3 is 1. The molecule has 2 saturated heterocycles. The molecule has 2 amide bonds. The van der Waals surface area contributed by atoms with Crippen LogP contribution in [-0.4, -0.2) is 54.4 Å². The molecular weight excluding hydrogens is 431 g/mol. The lowest BCUT2D eigenvalue weighted by Gasteiger charge is -2.38. The highest BCUT2D eigenvalue weighted by molar-refractivity contribution is 5.86. The second kappa shape index (κ2) is 10.2. The number of rotatable bonds is 7. The van der Waals surface area contributed by atoms with E-state index in [1.165, 1.54) is 6.07 Å². The zero-order valence-corrected chi connectivity index (χ0v) is 20.4. The minimum absolute atomic E-state index is 0.0655. The maximum atomic E-state index is 13.8. The van der Waals surface area contributed by atoms with E-state index in [4.69, 9.17) is 4.74 Å². The van der Waals surface area contributed by atoms with Crippen LogP contribution in [0.4, 0.5) is 4.39 Å². The number of carbonyl (C=O) groups is 2. The summed E-state index contributed by atoms with van der Waals surface area (Å²) in [6.45, 7) is 6.14. The van der Waals surface area contributed by atoms with Crippen molar-refractivity contribution in [2.45, 2.75) is 52.0 Å². The van der Waals surface area contributed by atoms with Crippen molar-refractivity contribution in [3.8, 4) is 5.75 Å². The number of ether oxygens (including phenoxy) is 1. The van der Waals surface area contributed by atoms with Crippen molar-refractivity contribution in [2.75, 3.05) is 26.7 Å². The van der Waals surface area contributed by atoms with Gasteiger partial charge in [0, 0.05) is 25.7 Å². The first-order chi connectivity index (χ1) is 16.3. The van der Waals surface area contributed by atoms with Gasteiger partial charge in [0.25, 0.3) is 0 Å². The lowest BCUT2D eigenvalue weighted by molar-refractivity contribution is -0.143. The largest absolute Gasteiger partial charge is 0.497 e. The minimum atomic E-state index is -0.417. The molecule has 2 fully saturated rings. The third kappa shape index (κ3) is 5.26. The van der Waals surface area contributed by atoms with E-state index in [0.717, 1.165) is 23.3 Å². The molecule has 6 heteroatoms. The topological polar surface area (TPSA) is 49.9 Å². The van der Waals surface area contributed by atoms with Crippen molar-refractivity contribution in [3.05, 3.63) is 65.5 Å². The Morgan fingerprint density at radius 2 is 1.82 bits per heavy atom. The summed E-state index contributed by atoms with van der Waals surface area (Å²) in [5, 5.41) is 0. The molecule has 4 rings (SSSR count). The molecule has 182 valence electrons. The molecule has 2 aliphatic rings. The lowest BCUT2D eigenvalue weighted by Crippen LogP contribution is -2.47. The molecule has 1 atom stereocenters. The van der Waals surface area contributed by atoms with Gasteiger partial charge in [0.1, 0.15) is 11.6 Å². The molecule has 0 aliphatic carbocycles. The Bertz CT molecular complexity index is 1030. The second-order valence-corrected chi connectivity index (χ2v) is 10.2. The molecule has 2 heterocycles. The number of likely N-dealkylation sites (tertiary alicyclic amines) is 2. The van der Waals surface area contributed by atoms with E-state index < -0.39 is 5.41 Å². The Balaban J connectivity index is 1.43. The van der Waals surface area contributed by atoms with Gasteiger partial charge in [0.15, 0.2) is 0 Å². The van der Waals surface area contributed by atoms with Crippen molar-refractivity contribution >= 4 is 11.8 Å². The second-order valence-electron chi connectivity index (χ2n) is 10.2. The van der Waals surface area contributed by atoms with Crippen LogP contribution >= 0.6 is 0 Å². The van der Waals surface area contributed by atoms with E-state index in [9.17, 15) is 14.0 Å². The Hall–Kier alpha value is -2.89. The van der Waals surface area contributed by atoms with Crippen molar-refractivity contribution in [2.24, 2.45) is 11.3 Å². The Labute approximate surface area is 201 Å². The number of hydrogen-bond donors (Lipinski definition) is 0. The molecule has 5 nitrogen and oxygen atoms in total. The fourth-order valence-corrected chi connectivity index (χ4v) is 5.53. The molecule has 2 aliphatic heterocycles. The smallest absolute Gasteiger partial charge is 0.229 e. The Morgan fingerprint density at radius 1 is 1.12 bits per heavy atom. The van der Waals surface area contributed by atoms with Crippen LogP contribution in [0, 0.1) is 17.2 Å². The number of halogens is 1. The molecule has 0 bridgehead atoms. The van der Waals surface area contributed by atoms with E-state index in [-0.39, 0.29) is 23.7 Å². The Morgan fingerprint density at radius 3 is 2.50 bits per heavy atom. The third-order valence-electron chi connectivity index (χ3n) is 7.27. The zero-order chi connectivity index (χ0) is 24.3. The maximum Gasteiger partial charge on any atom is 0.229 e. The maximum absolute atomic E-state index is 13.8. The number of hydrogen-bond acceptors (Lipinski definition) is 3. The van der Waals surface area contributed by atoms with Crippen LogP contribution in [0.25, 0.3) is 0 Å². The number of carbonyl (C=O) groups excluding carboxylic acids is 2. The summed E-state index contributed by atoms with van der Waals surface area (Å²) in [6, 6.07) is 14.4. The van der Waals surface area contributed by atoms with Crippen molar-refractivity contribution in [1.82, 2.24) is 9.80 Å². The Kier molecular flexibility index (Phi) is 7.24. The average Bonchev–Trinajstić information content (AvgIpc) is 3.04. The van der Waals surface area contributed by atoms with Crippen LogP contribution in [0.2, 0.25) is 0 Å². The molecule has 2 aromatic rings. The highest BCUT2D eigenvalue weighted by Crippen LogP contribution is 2.45. The van der Waals surface area contributed by atoms with E-state index >= 15 is 0 Å². The summed E-state index contributed by atoms with van der Waals surface area (Å²) in [7, 11) is 1.62. The first kappa shape index (κ1) is 24.2. The van der Waals surface area contributed by atoms with Gasteiger partial charge in [0.2, 0.25) is 11.8 Å². The number of amides is 2. The summed E-state index contributed by atoms with van der Waals surface area (Å²) < 4.78 is 19.0. The van der Waals surface area contributed by atoms with Crippen molar-refractivity contribution in [1.29, 1.82) is 0 Å². The van der Waals surface area contributed by atoms with Gasteiger partial charge in [-0.1, -0.05) is 38.1 Å². The van der Waals surface area contributed by atoms with Crippen LogP contribution in [-0.2, 0) is 22.4 Å². The van der Waals surface area contributed by atoms with E-state index in [0.29, 0.717) is 51.2 Å². The summed E-state index contributed by atoms with van der Waals surface area (Å²) >= 11 is 0. The summed E-state index contributed by atoms with van der Waals surface area (Å²) in [4.78, 5) is 30.5. The predicted molar refractivity (Wildman–Crippen MR) is 130 cm³/mol. The average molecular weight is 467 g/mol. The van der Waals surface area contributed by atoms with Gasteiger partial charge in [0.05, 0.1) is 18.9 Å². The summed E-state index contributed by atoms with van der Waals surface area (Å²) in [6.07, 6.45) is 3.14. The summed E-state index contributed by atoms with van der Waals surface area (Å²) in [5.41, 5.74) is 1.44. The standard InChI is InChI=1S/C28H35FN2O3/c1-20(2)19-31-24(15-21-6-4-8-23(29)14-21)18-28(27(31)33)10-12-30(13-11-28)26(32)17-22-7-5-9-25(16-22)34-3/h4-9,14,16,20,24H,10-13,15,17-19H2,1-3H3/t24-/m1/s1. The number of nitrogens with zero attached hydrogens (tertiary/aromatic N) is 2. The molecule has 0 saturated carbocycles. The van der Waals surface area contributed by atoms with Gasteiger partial charge in [-0.25, -0.2) is 4.39 Å². The lowest BCUT2D eigenvalue weighted by atomic mass is 9.75. The van der Waals surface area contributed by atoms with E-state index in [2.05, 4.69) is 13.8 Å². The van der Waals surface area contributed by atoms with Gasteiger partial charge in [-0.3, -0.25) is 9.59 Å². The van der Waals surface area contributed by atoms with Gasteiger partial charge < -0.3 is 14.5 Å². The molecule has 2 aromatic carbocycles. The monoisotopic (exact) mass is 466 g/mol. The van der Waals surface area contributed by atoms with Gasteiger partial charge in [-0.05, 0) is 67.0 Å². The number of piperidine rings is 1. The van der Waals surface area contributed by atoms with Gasteiger partial charge in [-0.15, -0.1) is 0 Å². The molecule has 0 radical (unpaired) electrons. The SMILES string of the molecule is COc1cccc(CC(=O)N2CCC3(CC2)C[C@@H](Cc2cccc(F)c2)N(CC(C)C)C3=O)c1. The molecule has 34 heavy (non-hydrogen) atoms. The van der Waals surface area contributed by atoms with Crippen LogP contribution in [0.15, 0.2) is 48.5 Å².